The van der Waals surface area contributed by atoms with Gasteiger partial charge in [0.1, 0.15) is 5.76 Å². The first-order chi connectivity index (χ1) is 6.48. The van der Waals surface area contributed by atoms with Gasteiger partial charge >= 0.3 is 0 Å². The summed E-state index contributed by atoms with van der Waals surface area (Å²) in [5.74, 6) is 0.425. The number of aryl methyl sites for hydroxylation is 1. The third-order valence-electron chi connectivity index (χ3n) is 2.20. The lowest BCUT2D eigenvalue weighted by molar-refractivity contribution is -0.0671. The van der Waals surface area contributed by atoms with Gasteiger partial charge < -0.3 is 14.5 Å². The number of hydrogen-bond acceptors (Lipinski definition) is 4. The molecule has 0 spiro atoms. The average molecular weight is 196 g/mol. The zero-order valence-corrected chi connectivity index (χ0v) is 8.15. The van der Waals surface area contributed by atoms with Crippen LogP contribution >= 0.6 is 0 Å². The summed E-state index contributed by atoms with van der Waals surface area (Å²) in [6.07, 6.45) is 0. The van der Waals surface area contributed by atoms with Crippen LogP contribution in [0.4, 0.5) is 0 Å². The largest absolute Gasteiger partial charge is 0.386 e. The molecule has 1 aromatic heterocycles. The molecule has 14 heavy (non-hydrogen) atoms. The molecule has 1 aliphatic heterocycles. The van der Waals surface area contributed by atoms with Gasteiger partial charge in [-0.3, -0.25) is 4.79 Å². The van der Waals surface area contributed by atoms with Gasteiger partial charge in [0.15, 0.2) is 5.69 Å². The highest BCUT2D eigenvalue weighted by molar-refractivity contribution is 5.93. The van der Waals surface area contributed by atoms with E-state index in [9.17, 15) is 9.90 Å². The number of rotatable bonds is 1. The summed E-state index contributed by atoms with van der Waals surface area (Å²) >= 11 is 0. The van der Waals surface area contributed by atoms with E-state index in [0.717, 1.165) is 0 Å². The third-order valence-corrected chi connectivity index (χ3v) is 2.20. The highest BCUT2D eigenvalue weighted by Gasteiger charge is 2.40. The van der Waals surface area contributed by atoms with Crippen molar-refractivity contribution >= 4 is 5.91 Å². The van der Waals surface area contributed by atoms with Crippen LogP contribution in [-0.2, 0) is 0 Å². The number of likely N-dealkylation sites (tertiary alicyclic amines) is 1. The third kappa shape index (κ3) is 1.50. The second-order valence-electron chi connectivity index (χ2n) is 3.98. The predicted octanol–water partition coefficient (Wildman–Crippen LogP) is 0.190. The quantitative estimate of drug-likeness (QED) is 0.696. The maximum Gasteiger partial charge on any atom is 0.276 e. The van der Waals surface area contributed by atoms with Crippen LogP contribution in [0.3, 0.4) is 0 Å². The van der Waals surface area contributed by atoms with Crippen LogP contribution in [0.5, 0.6) is 0 Å². The zero-order valence-electron chi connectivity index (χ0n) is 8.15. The fraction of sp³-hybridized carbons (Fsp3) is 0.556. The second-order valence-corrected chi connectivity index (χ2v) is 3.98. The minimum absolute atomic E-state index is 0.187. The van der Waals surface area contributed by atoms with Crippen LogP contribution in [0.1, 0.15) is 23.2 Å². The Morgan fingerprint density at radius 3 is 2.79 bits per heavy atom. The van der Waals surface area contributed by atoms with Gasteiger partial charge in [-0.2, -0.15) is 0 Å². The van der Waals surface area contributed by atoms with Gasteiger partial charge in [0.05, 0.1) is 18.7 Å². The number of aliphatic hydroxyl groups is 1. The van der Waals surface area contributed by atoms with Gasteiger partial charge in [0.25, 0.3) is 5.91 Å². The van der Waals surface area contributed by atoms with Crippen molar-refractivity contribution in [1.29, 1.82) is 0 Å². The molecule has 5 heteroatoms. The molecule has 2 rings (SSSR count). The lowest BCUT2D eigenvalue weighted by atomic mass is 9.96. The summed E-state index contributed by atoms with van der Waals surface area (Å²) in [5, 5.41) is 13.1. The van der Waals surface area contributed by atoms with E-state index in [4.69, 9.17) is 4.52 Å². The molecule has 0 bridgehead atoms. The van der Waals surface area contributed by atoms with Crippen LogP contribution in [0.15, 0.2) is 10.6 Å². The van der Waals surface area contributed by atoms with Gasteiger partial charge in [-0.15, -0.1) is 0 Å². The molecule has 1 amide bonds. The number of aromatic nitrogens is 1. The van der Waals surface area contributed by atoms with Crippen LogP contribution < -0.4 is 0 Å². The Bertz CT molecular complexity index is 362. The van der Waals surface area contributed by atoms with E-state index >= 15 is 0 Å². The molecule has 2 heterocycles. The Labute approximate surface area is 81.3 Å². The number of β-amino-alcohol motifs (C(OH)–C–C–N with tert-alkyl or cyclic N) is 1. The van der Waals surface area contributed by atoms with Crippen LogP contribution in [-0.4, -0.2) is 39.8 Å². The van der Waals surface area contributed by atoms with Crippen molar-refractivity contribution in [2.75, 3.05) is 13.1 Å². The molecule has 0 saturated carbocycles. The van der Waals surface area contributed by atoms with Gasteiger partial charge in [-0.25, -0.2) is 0 Å². The zero-order chi connectivity index (χ0) is 10.3. The highest BCUT2D eigenvalue weighted by atomic mass is 16.5. The molecular weight excluding hydrogens is 184 g/mol. The van der Waals surface area contributed by atoms with E-state index in [1.54, 1.807) is 19.9 Å². The molecule has 1 N–H and O–H groups in total. The Balaban J connectivity index is 2.04. The molecular formula is C9H12N2O3. The summed E-state index contributed by atoms with van der Waals surface area (Å²) in [7, 11) is 0. The minimum Gasteiger partial charge on any atom is -0.386 e. The molecule has 1 fully saturated rings. The van der Waals surface area contributed by atoms with E-state index in [0.29, 0.717) is 24.5 Å². The van der Waals surface area contributed by atoms with E-state index in [1.165, 1.54) is 4.90 Å². The van der Waals surface area contributed by atoms with Gasteiger partial charge in [-0.1, -0.05) is 5.16 Å². The van der Waals surface area contributed by atoms with E-state index in [1.807, 2.05) is 0 Å². The van der Waals surface area contributed by atoms with E-state index in [2.05, 4.69) is 5.16 Å². The summed E-state index contributed by atoms with van der Waals surface area (Å²) < 4.78 is 4.80. The van der Waals surface area contributed by atoms with Crippen molar-refractivity contribution in [3.05, 3.63) is 17.5 Å². The molecule has 0 aromatic carbocycles. The summed E-state index contributed by atoms with van der Waals surface area (Å²) in [5.41, 5.74) is -0.438. The summed E-state index contributed by atoms with van der Waals surface area (Å²) in [6, 6.07) is 1.59. The normalized spacial score (nSPS) is 19.2. The lowest BCUT2D eigenvalue weighted by Gasteiger charge is -2.43. The van der Waals surface area contributed by atoms with E-state index < -0.39 is 5.60 Å². The smallest absolute Gasteiger partial charge is 0.276 e. The number of nitrogens with zero attached hydrogens (tertiary/aromatic N) is 2. The van der Waals surface area contributed by atoms with Gasteiger partial charge in [0, 0.05) is 6.07 Å². The van der Waals surface area contributed by atoms with Crippen LogP contribution in [0.2, 0.25) is 0 Å². The summed E-state index contributed by atoms with van der Waals surface area (Å²) in [6.45, 7) is 4.15. The Morgan fingerprint density at radius 2 is 2.36 bits per heavy atom. The molecule has 0 aliphatic carbocycles. The number of carbonyl (C=O) groups excluding carboxylic acids is 1. The first-order valence-electron chi connectivity index (χ1n) is 4.43. The molecule has 0 radical (unpaired) electrons. The Kier molecular flexibility index (Phi) is 1.85. The molecule has 76 valence electrons. The standard InChI is InChI=1S/C9H12N2O3/c1-6-3-7(10-14-6)8(12)11-4-9(2,13)5-11/h3,13H,4-5H2,1-2H3. The predicted molar refractivity (Wildman–Crippen MR) is 47.8 cm³/mol. The maximum atomic E-state index is 11.6. The van der Waals surface area contributed by atoms with Crippen molar-refractivity contribution in [3.8, 4) is 0 Å². The summed E-state index contributed by atoms with van der Waals surface area (Å²) in [4.78, 5) is 13.2. The number of amides is 1. The number of carbonyl (C=O) groups is 1. The SMILES string of the molecule is Cc1cc(C(=O)N2CC(C)(O)C2)no1. The fourth-order valence-electron chi connectivity index (χ4n) is 1.55. The molecule has 0 atom stereocenters. The second kappa shape index (κ2) is 2.81. The van der Waals surface area contributed by atoms with Crippen LogP contribution in [0, 0.1) is 6.92 Å². The van der Waals surface area contributed by atoms with Gasteiger partial charge in [0.2, 0.25) is 0 Å². The average Bonchev–Trinajstić information content (AvgIpc) is 2.46. The molecule has 0 unspecified atom stereocenters. The Morgan fingerprint density at radius 1 is 1.71 bits per heavy atom. The van der Waals surface area contributed by atoms with Crippen molar-refractivity contribution in [2.45, 2.75) is 19.4 Å². The fourth-order valence-corrected chi connectivity index (χ4v) is 1.55. The van der Waals surface area contributed by atoms with Crippen molar-refractivity contribution in [3.63, 3.8) is 0 Å². The lowest BCUT2D eigenvalue weighted by Crippen LogP contribution is -2.61. The highest BCUT2D eigenvalue weighted by Crippen LogP contribution is 2.21. The minimum atomic E-state index is -0.742. The number of hydrogen-bond donors (Lipinski definition) is 1. The van der Waals surface area contributed by atoms with Crippen molar-refractivity contribution < 1.29 is 14.4 Å². The topological polar surface area (TPSA) is 66.6 Å². The van der Waals surface area contributed by atoms with Gasteiger partial charge in [-0.05, 0) is 13.8 Å². The van der Waals surface area contributed by atoms with Crippen molar-refractivity contribution in [1.82, 2.24) is 10.1 Å². The first kappa shape index (κ1) is 9.21. The molecule has 1 saturated heterocycles. The monoisotopic (exact) mass is 196 g/mol. The van der Waals surface area contributed by atoms with Crippen LogP contribution in [0.25, 0.3) is 0 Å². The van der Waals surface area contributed by atoms with Crippen molar-refractivity contribution in [2.24, 2.45) is 0 Å². The first-order valence-corrected chi connectivity index (χ1v) is 4.43. The molecule has 5 nitrogen and oxygen atoms in total. The van der Waals surface area contributed by atoms with E-state index in [-0.39, 0.29) is 5.91 Å². The molecule has 1 aromatic rings. The maximum absolute atomic E-state index is 11.6. The molecule has 1 aliphatic rings. The Hall–Kier alpha value is -1.36.